The predicted octanol–water partition coefficient (Wildman–Crippen LogP) is 1.87. The van der Waals surface area contributed by atoms with Crippen LogP contribution in [0.4, 0.5) is 0 Å². The molecule has 21 heavy (non-hydrogen) atoms. The molecular weight excluding hydrogens is 266 g/mol. The number of benzene rings is 1. The van der Waals surface area contributed by atoms with E-state index in [1.54, 1.807) is 31.6 Å². The molecule has 2 N–H and O–H groups in total. The summed E-state index contributed by atoms with van der Waals surface area (Å²) >= 11 is 0. The highest BCUT2D eigenvalue weighted by molar-refractivity contribution is 6.04. The lowest BCUT2D eigenvalue weighted by molar-refractivity contribution is -0.117. The van der Waals surface area contributed by atoms with Crippen molar-refractivity contribution in [1.82, 2.24) is 4.98 Å². The van der Waals surface area contributed by atoms with Gasteiger partial charge in [-0.2, -0.15) is 4.99 Å². The van der Waals surface area contributed by atoms with Crippen molar-refractivity contribution in [3.63, 3.8) is 0 Å². The summed E-state index contributed by atoms with van der Waals surface area (Å²) < 4.78 is 5.23. The predicted molar refractivity (Wildman–Crippen MR) is 81.4 cm³/mol. The average molecular weight is 283 g/mol. The zero-order valence-corrected chi connectivity index (χ0v) is 12.0. The van der Waals surface area contributed by atoms with Crippen LogP contribution in [0.3, 0.4) is 0 Å². The molecule has 1 aromatic heterocycles. The van der Waals surface area contributed by atoms with Crippen LogP contribution < -0.4 is 10.5 Å². The highest BCUT2D eigenvalue weighted by Gasteiger charge is 2.07. The van der Waals surface area contributed by atoms with E-state index in [-0.39, 0.29) is 18.2 Å². The number of amides is 1. The SMILES string of the molecule is COc1cc(C(N)=NC(=O)Cc2cccnc2)ccc1C. The highest BCUT2D eigenvalue weighted by Crippen LogP contribution is 2.18. The molecule has 0 unspecified atom stereocenters. The summed E-state index contributed by atoms with van der Waals surface area (Å²) in [5.74, 6) is 0.590. The third-order valence-corrected chi connectivity index (χ3v) is 3.03. The topological polar surface area (TPSA) is 77.6 Å². The molecule has 1 amide bonds. The molecule has 5 heteroatoms. The van der Waals surface area contributed by atoms with Gasteiger partial charge < -0.3 is 10.5 Å². The molecule has 0 aliphatic rings. The third kappa shape index (κ3) is 3.89. The van der Waals surface area contributed by atoms with Gasteiger partial charge in [-0.15, -0.1) is 0 Å². The van der Waals surface area contributed by atoms with Gasteiger partial charge in [0.05, 0.1) is 13.5 Å². The maximum atomic E-state index is 11.9. The number of aliphatic imine (C=N–C) groups is 1. The molecule has 0 atom stereocenters. The second-order valence-electron chi connectivity index (χ2n) is 4.61. The quantitative estimate of drug-likeness (QED) is 0.686. The highest BCUT2D eigenvalue weighted by atomic mass is 16.5. The molecule has 0 spiro atoms. The standard InChI is InChI=1S/C16H17N3O2/c1-11-5-6-13(9-14(11)21-2)16(17)19-15(20)8-12-4-3-7-18-10-12/h3-7,9-10H,8H2,1-2H3,(H2,17,19,20). The molecule has 0 bridgehead atoms. The minimum Gasteiger partial charge on any atom is -0.496 e. The lowest BCUT2D eigenvalue weighted by Crippen LogP contribution is -2.16. The van der Waals surface area contributed by atoms with Crippen LogP contribution in [0.2, 0.25) is 0 Å². The second-order valence-corrected chi connectivity index (χ2v) is 4.61. The molecule has 2 aromatic rings. The first-order valence-corrected chi connectivity index (χ1v) is 6.51. The van der Waals surface area contributed by atoms with Crippen LogP contribution >= 0.6 is 0 Å². The Morgan fingerprint density at radius 2 is 2.19 bits per heavy atom. The van der Waals surface area contributed by atoms with Gasteiger partial charge in [0.25, 0.3) is 5.91 Å². The number of ether oxygens (including phenoxy) is 1. The Kier molecular flexibility index (Phi) is 4.66. The van der Waals surface area contributed by atoms with E-state index in [1.807, 2.05) is 25.1 Å². The number of nitrogens with two attached hydrogens (primary N) is 1. The zero-order valence-electron chi connectivity index (χ0n) is 12.0. The van der Waals surface area contributed by atoms with Crippen molar-refractivity contribution >= 4 is 11.7 Å². The Labute approximate surface area is 123 Å². The normalized spacial score (nSPS) is 11.2. The number of hydrogen-bond acceptors (Lipinski definition) is 3. The summed E-state index contributed by atoms with van der Waals surface area (Å²) in [7, 11) is 1.59. The monoisotopic (exact) mass is 283 g/mol. The number of aromatic nitrogens is 1. The molecule has 2 rings (SSSR count). The Morgan fingerprint density at radius 1 is 1.38 bits per heavy atom. The summed E-state index contributed by atoms with van der Waals surface area (Å²) in [6.45, 7) is 1.93. The van der Waals surface area contributed by atoms with Crippen molar-refractivity contribution in [2.45, 2.75) is 13.3 Å². The molecule has 0 aliphatic carbocycles. The molecule has 0 aliphatic heterocycles. The first kappa shape index (κ1) is 14.7. The number of pyridine rings is 1. The third-order valence-electron chi connectivity index (χ3n) is 3.03. The fourth-order valence-corrected chi connectivity index (χ4v) is 1.90. The van der Waals surface area contributed by atoms with E-state index in [9.17, 15) is 4.79 Å². The van der Waals surface area contributed by atoms with Gasteiger partial charge in [-0.1, -0.05) is 18.2 Å². The van der Waals surface area contributed by atoms with E-state index in [0.29, 0.717) is 11.3 Å². The number of amidine groups is 1. The van der Waals surface area contributed by atoms with Gasteiger partial charge in [-0.25, -0.2) is 0 Å². The Hall–Kier alpha value is -2.69. The summed E-state index contributed by atoms with van der Waals surface area (Å²) in [4.78, 5) is 19.8. The number of nitrogens with zero attached hydrogens (tertiary/aromatic N) is 2. The van der Waals surface area contributed by atoms with Gasteiger partial charge in [-0.05, 0) is 30.2 Å². The second kappa shape index (κ2) is 6.65. The summed E-state index contributed by atoms with van der Waals surface area (Å²) in [6, 6.07) is 9.06. The maximum Gasteiger partial charge on any atom is 0.252 e. The van der Waals surface area contributed by atoms with Gasteiger partial charge in [0, 0.05) is 18.0 Å². The van der Waals surface area contributed by atoms with E-state index in [0.717, 1.165) is 11.1 Å². The van der Waals surface area contributed by atoms with Crippen molar-refractivity contribution < 1.29 is 9.53 Å². The Balaban J connectivity index is 2.15. The zero-order chi connectivity index (χ0) is 15.2. The van der Waals surface area contributed by atoms with Crippen LogP contribution in [0.25, 0.3) is 0 Å². The van der Waals surface area contributed by atoms with Crippen molar-refractivity contribution in [2.24, 2.45) is 10.7 Å². The van der Waals surface area contributed by atoms with Gasteiger partial charge in [0.1, 0.15) is 11.6 Å². The maximum absolute atomic E-state index is 11.9. The summed E-state index contributed by atoms with van der Waals surface area (Å²) in [5.41, 5.74) is 8.35. The van der Waals surface area contributed by atoms with Crippen molar-refractivity contribution in [1.29, 1.82) is 0 Å². The lowest BCUT2D eigenvalue weighted by atomic mass is 10.1. The van der Waals surface area contributed by atoms with Gasteiger partial charge in [-0.3, -0.25) is 9.78 Å². The minimum absolute atomic E-state index is 0.178. The fourth-order valence-electron chi connectivity index (χ4n) is 1.90. The van der Waals surface area contributed by atoms with Crippen LogP contribution in [-0.4, -0.2) is 23.8 Å². The van der Waals surface area contributed by atoms with Crippen LogP contribution in [0.5, 0.6) is 5.75 Å². The number of carbonyl (C=O) groups excluding carboxylic acids is 1. The number of aryl methyl sites for hydroxylation is 1. The van der Waals surface area contributed by atoms with Gasteiger partial charge in [0.15, 0.2) is 0 Å². The number of hydrogen-bond donors (Lipinski definition) is 1. The molecule has 1 aromatic carbocycles. The molecule has 0 saturated heterocycles. The molecule has 5 nitrogen and oxygen atoms in total. The van der Waals surface area contributed by atoms with Crippen LogP contribution in [0.15, 0.2) is 47.7 Å². The smallest absolute Gasteiger partial charge is 0.252 e. The van der Waals surface area contributed by atoms with E-state index in [2.05, 4.69) is 9.98 Å². The van der Waals surface area contributed by atoms with Gasteiger partial charge >= 0.3 is 0 Å². The van der Waals surface area contributed by atoms with E-state index in [1.165, 1.54) is 0 Å². The van der Waals surface area contributed by atoms with Crippen LogP contribution in [-0.2, 0) is 11.2 Å². The Morgan fingerprint density at radius 3 is 2.86 bits per heavy atom. The van der Waals surface area contributed by atoms with Crippen LogP contribution in [0.1, 0.15) is 16.7 Å². The summed E-state index contributed by atoms with van der Waals surface area (Å²) in [5, 5.41) is 0. The molecule has 0 fully saturated rings. The van der Waals surface area contributed by atoms with E-state index in [4.69, 9.17) is 10.5 Å². The van der Waals surface area contributed by atoms with Crippen molar-refractivity contribution in [3.05, 3.63) is 59.4 Å². The summed E-state index contributed by atoms with van der Waals surface area (Å²) in [6.07, 6.45) is 3.47. The van der Waals surface area contributed by atoms with E-state index < -0.39 is 0 Å². The average Bonchev–Trinajstić information content (AvgIpc) is 2.48. The lowest BCUT2D eigenvalue weighted by Gasteiger charge is -2.07. The number of carbonyl (C=O) groups is 1. The largest absolute Gasteiger partial charge is 0.496 e. The molecule has 108 valence electrons. The minimum atomic E-state index is -0.306. The molecule has 0 radical (unpaired) electrons. The van der Waals surface area contributed by atoms with Gasteiger partial charge in [0.2, 0.25) is 0 Å². The van der Waals surface area contributed by atoms with E-state index >= 15 is 0 Å². The van der Waals surface area contributed by atoms with Crippen molar-refractivity contribution in [3.8, 4) is 5.75 Å². The first-order chi connectivity index (χ1) is 10.1. The first-order valence-electron chi connectivity index (χ1n) is 6.51. The molecule has 1 heterocycles. The Bertz CT molecular complexity index is 666. The molecule has 0 saturated carbocycles. The number of rotatable bonds is 4. The molecular formula is C16H17N3O2. The fraction of sp³-hybridized carbons (Fsp3) is 0.188. The number of methoxy groups -OCH3 is 1. The van der Waals surface area contributed by atoms with Crippen molar-refractivity contribution in [2.75, 3.05) is 7.11 Å². The van der Waals surface area contributed by atoms with Crippen LogP contribution in [0, 0.1) is 6.92 Å².